The Morgan fingerprint density at radius 1 is 1.40 bits per heavy atom. The molecule has 112 valence electrons. The van der Waals surface area contributed by atoms with E-state index in [0.29, 0.717) is 6.04 Å². The molecule has 1 aliphatic heterocycles. The normalized spacial score (nSPS) is 17.6. The van der Waals surface area contributed by atoms with Crippen LogP contribution < -0.4 is 5.32 Å². The Kier molecular flexibility index (Phi) is 5.64. The summed E-state index contributed by atoms with van der Waals surface area (Å²) >= 11 is 6.28. The van der Waals surface area contributed by atoms with Crippen LogP contribution in [0.4, 0.5) is 5.82 Å². The van der Waals surface area contributed by atoms with Gasteiger partial charge in [0.15, 0.2) is 0 Å². The van der Waals surface area contributed by atoms with E-state index in [1.807, 2.05) is 12.1 Å². The number of anilines is 1. The van der Waals surface area contributed by atoms with Gasteiger partial charge in [0.05, 0.1) is 10.7 Å². The highest BCUT2D eigenvalue weighted by Crippen LogP contribution is 2.21. The number of rotatable bonds is 5. The highest BCUT2D eigenvalue weighted by atomic mass is 35.5. The van der Waals surface area contributed by atoms with Gasteiger partial charge in [-0.15, -0.1) is 0 Å². The third-order valence-corrected chi connectivity index (χ3v) is 4.33. The van der Waals surface area contributed by atoms with Crippen molar-refractivity contribution in [2.75, 3.05) is 39.0 Å². The Hall–Kier alpha value is -0.840. The van der Waals surface area contributed by atoms with Crippen molar-refractivity contribution in [3.63, 3.8) is 0 Å². The predicted molar refractivity (Wildman–Crippen MR) is 85.4 cm³/mol. The maximum atomic E-state index is 6.28. The van der Waals surface area contributed by atoms with E-state index in [-0.39, 0.29) is 0 Å². The number of nitrogens with zero attached hydrogens (tertiary/aromatic N) is 3. The van der Waals surface area contributed by atoms with Crippen molar-refractivity contribution in [1.82, 2.24) is 14.8 Å². The largest absolute Gasteiger partial charge is 0.370 e. The van der Waals surface area contributed by atoms with Crippen LogP contribution in [-0.4, -0.2) is 54.6 Å². The molecular weight excluding hydrogens is 272 g/mol. The summed E-state index contributed by atoms with van der Waals surface area (Å²) in [5.41, 5.74) is 0.964. The first-order chi connectivity index (χ1) is 9.60. The van der Waals surface area contributed by atoms with Crippen LogP contribution in [0.2, 0.25) is 5.02 Å². The smallest absolute Gasteiger partial charge is 0.126 e. The highest BCUT2D eigenvalue weighted by Gasteiger charge is 2.21. The fourth-order valence-electron chi connectivity index (χ4n) is 2.68. The van der Waals surface area contributed by atoms with E-state index >= 15 is 0 Å². The lowest BCUT2D eigenvalue weighted by Crippen LogP contribution is -2.41. The fraction of sp³-hybridized carbons (Fsp3) is 0.667. The monoisotopic (exact) mass is 296 g/mol. The summed E-state index contributed by atoms with van der Waals surface area (Å²) in [6.07, 6.45) is 2.44. The molecule has 1 fully saturated rings. The number of aromatic nitrogens is 1. The first-order valence-electron chi connectivity index (χ1n) is 7.38. The molecule has 0 radical (unpaired) electrons. The van der Waals surface area contributed by atoms with Crippen molar-refractivity contribution in [2.45, 2.75) is 32.4 Å². The van der Waals surface area contributed by atoms with Crippen LogP contribution in [0.5, 0.6) is 0 Å². The Morgan fingerprint density at radius 2 is 2.10 bits per heavy atom. The molecule has 0 atom stereocenters. The molecule has 0 spiro atoms. The van der Waals surface area contributed by atoms with E-state index < -0.39 is 0 Å². The summed E-state index contributed by atoms with van der Waals surface area (Å²) in [6.45, 7) is 6.10. The van der Waals surface area contributed by atoms with Crippen molar-refractivity contribution in [3.05, 3.63) is 22.8 Å². The first-order valence-corrected chi connectivity index (χ1v) is 7.76. The molecule has 2 rings (SSSR count). The molecule has 1 N–H and O–H groups in total. The molecule has 1 aliphatic rings. The minimum Gasteiger partial charge on any atom is -0.370 e. The Balaban J connectivity index is 1.99. The van der Waals surface area contributed by atoms with Crippen molar-refractivity contribution >= 4 is 17.4 Å². The molecule has 0 saturated carbocycles. The van der Waals surface area contributed by atoms with Gasteiger partial charge in [-0.05, 0) is 59.1 Å². The Bertz CT molecular complexity index is 430. The molecular formula is C15H25ClN4. The van der Waals surface area contributed by atoms with Crippen LogP contribution in [0.1, 0.15) is 25.5 Å². The van der Waals surface area contributed by atoms with E-state index in [9.17, 15) is 0 Å². The van der Waals surface area contributed by atoms with Crippen LogP contribution in [0, 0.1) is 0 Å². The molecule has 20 heavy (non-hydrogen) atoms. The molecule has 1 aromatic heterocycles. The Labute approximate surface area is 127 Å². The molecule has 0 amide bonds. The number of halogens is 1. The minimum absolute atomic E-state index is 0.631. The maximum Gasteiger partial charge on any atom is 0.126 e. The van der Waals surface area contributed by atoms with Gasteiger partial charge in [-0.1, -0.05) is 11.6 Å². The third-order valence-electron chi connectivity index (χ3n) is 3.99. The van der Waals surface area contributed by atoms with Crippen molar-refractivity contribution in [2.24, 2.45) is 0 Å². The lowest BCUT2D eigenvalue weighted by molar-refractivity contribution is 0.138. The summed E-state index contributed by atoms with van der Waals surface area (Å²) in [5.74, 6) is 0.906. The van der Waals surface area contributed by atoms with Gasteiger partial charge in [0.25, 0.3) is 0 Å². The van der Waals surface area contributed by atoms with Crippen LogP contribution in [-0.2, 0) is 6.54 Å². The highest BCUT2D eigenvalue weighted by molar-refractivity contribution is 6.31. The second kappa shape index (κ2) is 7.25. The first kappa shape index (κ1) is 15.5. The van der Waals surface area contributed by atoms with Gasteiger partial charge >= 0.3 is 0 Å². The quantitative estimate of drug-likeness (QED) is 0.905. The topological polar surface area (TPSA) is 31.4 Å². The number of piperidine rings is 1. The van der Waals surface area contributed by atoms with Crippen LogP contribution in [0.3, 0.4) is 0 Å². The van der Waals surface area contributed by atoms with E-state index in [4.69, 9.17) is 11.6 Å². The van der Waals surface area contributed by atoms with Crippen LogP contribution >= 0.6 is 11.6 Å². The van der Waals surface area contributed by atoms with Gasteiger partial charge in [0.2, 0.25) is 0 Å². The van der Waals surface area contributed by atoms with E-state index in [2.05, 4.69) is 41.1 Å². The number of pyridine rings is 1. The van der Waals surface area contributed by atoms with Gasteiger partial charge in [0.1, 0.15) is 5.82 Å². The summed E-state index contributed by atoms with van der Waals surface area (Å²) < 4.78 is 0. The van der Waals surface area contributed by atoms with E-state index in [1.54, 1.807) is 0 Å². The van der Waals surface area contributed by atoms with Crippen LogP contribution in [0.25, 0.3) is 0 Å². The van der Waals surface area contributed by atoms with Crippen LogP contribution in [0.15, 0.2) is 12.1 Å². The zero-order valence-corrected chi connectivity index (χ0v) is 13.5. The molecule has 0 unspecified atom stereocenters. The minimum atomic E-state index is 0.631. The molecule has 2 heterocycles. The zero-order chi connectivity index (χ0) is 14.5. The average Bonchev–Trinajstić information content (AvgIpc) is 2.43. The van der Waals surface area contributed by atoms with E-state index in [1.165, 1.54) is 25.9 Å². The zero-order valence-electron chi connectivity index (χ0n) is 12.7. The predicted octanol–water partition coefficient (Wildman–Crippen LogP) is 2.69. The van der Waals surface area contributed by atoms with Gasteiger partial charge in [-0.3, -0.25) is 4.90 Å². The lowest BCUT2D eigenvalue weighted by atomic mass is 10.0. The third kappa shape index (κ3) is 4.08. The number of likely N-dealkylation sites (tertiary alicyclic amines) is 1. The summed E-state index contributed by atoms with van der Waals surface area (Å²) in [7, 11) is 4.36. The summed E-state index contributed by atoms with van der Waals surface area (Å²) in [6, 6.07) is 4.50. The maximum absolute atomic E-state index is 6.28. The average molecular weight is 297 g/mol. The van der Waals surface area contributed by atoms with Crippen molar-refractivity contribution in [3.8, 4) is 0 Å². The lowest BCUT2D eigenvalue weighted by Gasteiger charge is -2.35. The standard InChI is InChI=1S/C15H25ClN4/c1-4-17-15-6-5-13(16)14(18-15)11-20(3)12-7-9-19(2)10-8-12/h5-6,12H,4,7-11H2,1-3H3,(H,17,18). The molecule has 1 aromatic rings. The summed E-state index contributed by atoms with van der Waals surface area (Å²) in [4.78, 5) is 9.39. The second-order valence-electron chi connectivity index (χ2n) is 5.60. The van der Waals surface area contributed by atoms with Gasteiger partial charge < -0.3 is 10.2 Å². The van der Waals surface area contributed by atoms with Crippen molar-refractivity contribution < 1.29 is 0 Å². The van der Waals surface area contributed by atoms with Gasteiger partial charge in [-0.25, -0.2) is 4.98 Å². The molecule has 4 nitrogen and oxygen atoms in total. The fourth-order valence-corrected chi connectivity index (χ4v) is 2.84. The number of hydrogen-bond donors (Lipinski definition) is 1. The number of hydrogen-bond acceptors (Lipinski definition) is 4. The van der Waals surface area contributed by atoms with Crippen molar-refractivity contribution in [1.29, 1.82) is 0 Å². The Morgan fingerprint density at radius 3 is 2.75 bits per heavy atom. The molecule has 0 aliphatic carbocycles. The molecule has 0 aromatic carbocycles. The molecule has 5 heteroatoms. The number of nitrogens with one attached hydrogen (secondary N) is 1. The molecule has 0 bridgehead atoms. The van der Waals surface area contributed by atoms with Gasteiger partial charge in [-0.2, -0.15) is 0 Å². The summed E-state index contributed by atoms with van der Waals surface area (Å²) in [5, 5.41) is 3.99. The second-order valence-corrected chi connectivity index (χ2v) is 6.01. The molecule has 1 saturated heterocycles. The SMILES string of the molecule is CCNc1ccc(Cl)c(CN(C)C2CCN(C)CC2)n1. The van der Waals surface area contributed by atoms with Gasteiger partial charge in [0, 0.05) is 19.1 Å². The van der Waals surface area contributed by atoms with E-state index in [0.717, 1.165) is 29.6 Å².